The zero-order valence-electron chi connectivity index (χ0n) is 10.3. The van der Waals surface area contributed by atoms with E-state index < -0.39 is 0 Å². The van der Waals surface area contributed by atoms with Crippen LogP contribution in [0.25, 0.3) is 0 Å². The highest BCUT2D eigenvalue weighted by molar-refractivity contribution is 5.56. The van der Waals surface area contributed by atoms with Gasteiger partial charge < -0.3 is 5.32 Å². The van der Waals surface area contributed by atoms with Gasteiger partial charge in [-0.2, -0.15) is 5.26 Å². The van der Waals surface area contributed by atoms with Gasteiger partial charge in [0.05, 0.1) is 11.6 Å². The third-order valence-corrected chi connectivity index (χ3v) is 3.26. The Morgan fingerprint density at radius 2 is 2.24 bits per heavy atom. The van der Waals surface area contributed by atoms with Gasteiger partial charge in [0, 0.05) is 17.3 Å². The topological polar surface area (TPSA) is 35.8 Å². The van der Waals surface area contributed by atoms with Crippen LogP contribution >= 0.6 is 0 Å². The number of hydrogen-bond donors (Lipinski definition) is 1. The molecule has 1 atom stereocenters. The van der Waals surface area contributed by atoms with Gasteiger partial charge in [-0.1, -0.05) is 12.8 Å². The first kappa shape index (κ1) is 11.9. The monoisotopic (exact) mass is 232 g/mol. The first-order valence-corrected chi connectivity index (χ1v) is 6.07. The van der Waals surface area contributed by atoms with Crippen molar-refractivity contribution < 1.29 is 4.39 Å². The molecule has 0 amide bonds. The lowest BCUT2D eigenvalue weighted by Crippen LogP contribution is -2.17. The molecule has 17 heavy (non-hydrogen) atoms. The molecule has 0 heterocycles. The second kappa shape index (κ2) is 4.75. The molecule has 0 aromatic heterocycles. The highest BCUT2D eigenvalue weighted by Gasteiger charge is 2.23. The van der Waals surface area contributed by atoms with E-state index in [2.05, 4.69) is 12.2 Å². The molecular weight excluding hydrogens is 215 g/mol. The minimum absolute atomic E-state index is 0.315. The Morgan fingerprint density at radius 1 is 1.53 bits per heavy atom. The van der Waals surface area contributed by atoms with E-state index in [-0.39, 0.29) is 5.82 Å². The van der Waals surface area contributed by atoms with Crippen LogP contribution in [-0.4, -0.2) is 6.04 Å². The summed E-state index contributed by atoms with van der Waals surface area (Å²) in [5, 5.41) is 12.1. The van der Waals surface area contributed by atoms with Crippen LogP contribution in [0.3, 0.4) is 0 Å². The van der Waals surface area contributed by atoms with Gasteiger partial charge >= 0.3 is 0 Å². The molecule has 0 aliphatic heterocycles. The zero-order chi connectivity index (χ0) is 12.4. The fourth-order valence-corrected chi connectivity index (χ4v) is 2.07. The van der Waals surface area contributed by atoms with Crippen LogP contribution in [0.15, 0.2) is 12.1 Å². The predicted octanol–water partition coefficient (Wildman–Crippen LogP) is 3.61. The SMILES string of the molecule is Cc1c(F)cc(C#N)cc1NC(C)CC1CC1. The lowest BCUT2D eigenvalue weighted by molar-refractivity contribution is 0.614. The van der Waals surface area contributed by atoms with E-state index in [1.165, 1.54) is 18.9 Å². The summed E-state index contributed by atoms with van der Waals surface area (Å²) in [6.45, 7) is 3.84. The summed E-state index contributed by atoms with van der Waals surface area (Å²) in [5.74, 6) is 0.520. The first-order valence-electron chi connectivity index (χ1n) is 6.07. The van der Waals surface area contributed by atoms with Gasteiger partial charge in [-0.15, -0.1) is 0 Å². The van der Waals surface area contributed by atoms with Crippen molar-refractivity contribution in [1.82, 2.24) is 0 Å². The van der Waals surface area contributed by atoms with Crippen LogP contribution < -0.4 is 5.32 Å². The molecule has 1 aromatic carbocycles. The van der Waals surface area contributed by atoms with Gasteiger partial charge in [0.1, 0.15) is 5.82 Å². The number of hydrogen-bond acceptors (Lipinski definition) is 2. The summed E-state index contributed by atoms with van der Waals surface area (Å²) in [4.78, 5) is 0. The van der Waals surface area contributed by atoms with Crippen LogP contribution in [0.1, 0.15) is 37.3 Å². The molecule has 0 saturated heterocycles. The normalized spacial score (nSPS) is 16.4. The molecule has 1 unspecified atom stereocenters. The Hall–Kier alpha value is -1.56. The van der Waals surface area contributed by atoms with Crippen LogP contribution in [0, 0.1) is 30.0 Å². The van der Waals surface area contributed by atoms with Crippen LogP contribution in [-0.2, 0) is 0 Å². The summed E-state index contributed by atoms with van der Waals surface area (Å²) >= 11 is 0. The van der Waals surface area contributed by atoms with Crippen molar-refractivity contribution >= 4 is 5.69 Å². The van der Waals surface area contributed by atoms with Crippen molar-refractivity contribution in [2.75, 3.05) is 5.32 Å². The Labute approximate surface area is 101 Å². The molecule has 0 spiro atoms. The van der Waals surface area contributed by atoms with Gasteiger partial charge in [-0.3, -0.25) is 0 Å². The number of anilines is 1. The van der Waals surface area contributed by atoms with E-state index in [0.717, 1.165) is 18.0 Å². The van der Waals surface area contributed by atoms with Gasteiger partial charge in [0.2, 0.25) is 0 Å². The van der Waals surface area contributed by atoms with E-state index in [1.54, 1.807) is 13.0 Å². The molecule has 1 saturated carbocycles. The Bertz CT molecular complexity index is 458. The fourth-order valence-electron chi connectivity index (χ4n) is 2.07. The van der Waals surface area contributed by atoms with E-state index >= 15 is 0 Å². The summed E-state index contributed by atoms with van der Waals surface area (Å²) < 4.78 is 13.6. The molecule has 3 heteroatoms. The molecule has 2 rings (SSSR count). The van der Waals surface area contributed by atoms with Crippen molar-refractivity contribution in [3.8, 4) is 6.07 Å². The summed E-state index contributed by atoms with van der Waals surface area (Å²) in [7, 11) is 0. The minimum atomic E-state index is -0.315. The summed E-state index contributed by atoms with van der Waals surface area (Å²) in [6.07, 6.45) is 3.76. The van der Waals surface area contributed by atoms with Crippen LogP contribution in [0.2, 0.25) is 0 Å². The molecular formula is C14H17FN2. The lowest BCUT2D eigenvalue weighted by Gasteiger charge is -2.17. The largest absolute Gasteiger partial charge is 0.382 e. The second-order valence-electron chi connectivity index (χ2n) is 4.97. The Balaban J connectivity index is 2.13. The van der Waals surface area contributed by atoms with E-state index in [9.17, 15) is 4.39 Å². The van der Waals surface area contributed by atoms with Gasteiger partial charge in [0.25, 0.3) is 0 Å². The molecule has 1 aliphatic rings. The minimum Gasteiger partial charge on any atom is -0.382 e. The van der Waals surface area contributed by atoms with Gasteiger partial charge in [-0.25, -0.2) is 4.39 Å². The standard InChI is InChI=1S/C14H17FN2/c1-9(5-11-3-4-11)17-14-7-12(8-16)6-13(15)10(14)2/h6-7,9,11,17H,3-5H2,1-2H3. The molecule has 1 N–H and O–H groups in total. The van der Waals surface area contributed by atoms with Gasteiger partial charge in [-0.05, 0) is 38.3 Å². The number of nitrogens with one attached hydrogen (secondary N) is 1. The smallest absolute Gasteiger partial charge is 0.129 e. The number of benzene rings is 1. The van der Waals surface area contributed by atoms with Crippen molar-refractivity contribution in [3.05, 3.63) is 29.1 Å². The fraction of sp³-hybridized carbons (Fsp3) is 0.500. The molecule has 1 fully saturated rings. The Morgan fingerprint density at radius 3 is 2.82 bits per heavy atom. The lowest BCUT2D eigenvalue weighted by atomic mass is 10.1. The van der Waals surface area contributed by atoms with Crippen molar-refractivity contribution in [3.63, 3.8) is 0 Å². The Kier molecular flexibility index (Phi) is 3.33. The maximum atomic E-state index is 13.6. The summed E-state index contributed by atoms with van der Waals surface area (Å²) in [5.41, 5.74) is 1.70. The third kappa shape index (κ3) is 2.97. The third-order valence-electron chi connectivity index (χ3n) is 3.26. The number of rotatable bonds is 4. The summed E-state index contributed by atoms with van der Waals surface area (Å²) in [6, 6.07) is 5.32. The average Bonchev–Trinajstić information content (AvgIpc) is 3.08. The van der Waals surface area contributed by atoms with Crippen LogP contribution in [0.5, 0.6) is 0 Å². The van der Waals surface area contributed by atoms with Crippen molar-refractivity contribution in [2.45, 2.75) is 39.2 Å². The van der Waals surface area contributed by atoms with E-state index in [0.29, 0.717) is 17.2 Å². The molecule has 2 nitrogen and oxygen atoms in total. The molecule has 1 aromatic rings. The number of halogens is 1. The quantitative estimate of drug-likeness (QED) is 0.860. The second-order valence-corrected chi connectivity index (χ2v) is 4.97. The number of nitrogens with zero attached hydrogens (tertiary/aromatic N) is 1. The zero-order valence-corrected chi connectivity index (χ0v) is 10.3. The van der Waals surface area contributed by atoms with Crippen LogP contribution in [0.4, 0.5) is 10.1 Å². The first-order chi connectivity index (χ1) is 8.10. The molecule has 90 valence electrons. The maximum Gasteiger partial charge on any atom is 0.129 e. The van der Waals surface area contributed by atoms with E-state index in [1.807, 2.05) is 6.07 Å². The van der Waals surface area contributed by atoms with Gasteiger partial charge in [0.15, 0.2) is 0 Å². The van der Waals surface area contributed by atoms with Crippen molar-refractivity contribution in [2.24, 2.45) is 5.92 Å². The molecule has 1 aliphatic carbocycles. The van der Waals surface area contributed by atoms with Crippen molar-refractivity contribution in [1.29, 1.82) is 5.26 Å². The molecule has 0 bridgehead atoms. The highest BCUT2D eigenvalue weighted by atomic mass is 19.1. The molecule has 0 radical (unpaired) electrons. The van der Waals surface area contributed by atoms with E-state index in [4.69, 9.17) is 5.26 Å². The predicted molar refractivity (Wildman–Crippen MR) is 66.3 cm³/mol. The average molecular weight is 232 g/mol. The number of nitriles is 1. The maximum absolute atomic E-state index is 13.6. The highest BCUT2D eigenvalue weighted by Crippen LogP contribution is 2.34.